The molecular formula is C12H15NO3. The lowest BCUT2D eigenvalue weighted by Gasteiger charge is -2.37. The first-order valence-corrected chi connectivity index (χ1v) is 5.25. The Morgan fingerprint density at radius 1 is 1.56 bits per heavy atom. The fraction of sp³-hybridized carbons (Fsp3) is 0.417. The molecule has 0 aliphatic carbocycles. The molecule has 4 heteroatoms. The molecule has 1 aromatic carbocycles. The molecule has 4 nitrogen and oxygen atoms in total. The van der Waals surface area contributed by atoms with Crippen molar-refractivity contribution in [3.63, 3.8) is 0 Å². The molecule has 0 aromatic heterocycles. The maximum Gasteiger partial charge on any atom is 0.305 e. The molecule has 1 aliphatic rings. The van der Waals surface area contributed by atoms with E-state index in [1.165, 1.54) is 0 Å². The number of rotatable bonds is 3. The molecule has 0 saturated heterocycles. The number of carbonyl (C=O) groups is 1. The van der Waals surface area contributed by atoms with Crippen molar-refractivity contribution in [1.29, 1.82) is 0 Å². The average molecular weight is 221 g/mol. The van der Waals surface area contributed by atoms with Crippen molar-refractivity contribution in [3.8, 4) is 0 Å². The zero-order chi connectivity index (χ0) is 11.6. The number of fused-ring (bicyclic) bond motifs is 1. The van der Waals surface area contributed by atoms with Crippen LogP contribution in [0.5, 0.6) is 0 Å². The van der Waals surface area contributed by atoms with Gasteiger partial charge in [0.2, 0.25) is 0 Å². The van der Waals surface area contributed by atoms with E-state index in [1.54, 1.807) is 7.05 Å². The standard InChI is InChI=1S/C12H15NO3/c1-13-12(6-11(14)15)8-16-7-9-4-2-3-5-10(9)12/h2-5,13H,6-8H2,1H3,(H,14,15). The SMILES string of the molecule is CNC1(CC(=O)O)COCc2ccccc21. The highest BCUT2D eigenvalue weighted by Crippen LogP contribution is 2.32. The Hall–Kier alpha value is -1.39. The second kappa shape index (κ2) is 4.23. The van der Waals surface area contributed by atoms with Crippen molar-refractivity contribution in [2.45, 2.75) is 18.6 Å². The van der Waals surface area contributed by atoms with E-state index in [4.69, 9.17) is 9.84 Å². The Morgan fingerprint density at radius 3 is 3.00 bits per heavy atom. The van der Waals surface area contributed by atoms with Crippen LogP contribution < -0.4 is 5.32 Å². The lowest BCUT2D eigenvalue weighted by Crippen LogP contribution is -2.48. The maximum absolute atomic E-state index is 10.9. The van der Waals surface area contributed by atoms with Crippen LogP contribution in [-0.4, -0.2) is 24.7 Å². The van der Waals surface area contributed by atoms with E-state index < -0.39 is 11.5 Å². The normalized spacial score (nSPS) is 23.8. The van der Waals surface area contributed by atoms with Crippen molar-refractivity contribution >= 4 is 5.97 Å². The molecule has 1 aromatic rings. The molecule has 1 atom stereocenters. The third-order valence-electron chi connectivity index (χ3n) is 3.07. The summed E-state index contributed by atoms with van der Waals surface area (Å²) in [6.45, 7) is 0.950. The highest BCUT2D eigenvalue weighted by atomic mass is 16.5. The summed E-state index contributed by atoms with van der Waals surface area (Å²) >= 11 is 0. The minimum Gasteiger partial charge on any atom is -0.481 e. The van der Waals surface area contributed by atoms with Gasteiger partial charge in [0, 0.05) is 0 Å². The zero-order valence-electron chi connectivity index (χ0n) is 9.19. The van der Waals surface area contributed by atoms with Crippen LogP contribution in [0.25, 0.3) is 0 Å². The lowest BCUT2D eigenvalue weighted by atomic mass is 9.83. The van der Waals surface area contributed by atoms with Crippen molar-refractivity contribution < 1.29 is 14.6 Å². The monoisotopic (exact) mass is 221 g/mol. The van der Waals surface area contributed by atoms with Gasteiger partial charge in [-0.25, -0.2) is 0 Å². The van der Waals surface area contributed by atoms with Crippen LogP contribution in [0.1, 0.15) is 17.5 Å². The predicted octanol–water partition coefficient (Wildman–Crippen LogP) is 1.11. The largest absolute Gasteiger partial charge is 0.481 e. The Bertz CT molecular complexity index is 405. The molecule has 2 rings (SSSR count). The van der Waals surface area contributed by atoms with Gasteiger partial charge in [-0.2, -0.15) is 0 Å². The van der Waals surface area contributed by atoms with Gasteiger partial charge in [0.05, 0.1) is 25.2 Å². The number of aliphatic carboxylic acids is 1. The molecule has 0 spiro atoms. The minimum absolute atomic E-state index is 0.0283. The Morgan fingerprint density at radius 2 is 2.31 bits per heavy atom. The molecule has 1 unspecified atom stereocenters. The van der Waals surface area contributed by atoms with Crippen molar-refractivity contribution in [2.75, 3.05) is 13.7 Å². The summed E-state index contributed by atoms with van der Waals surface area (Å²) in [5.41, 5.74) is 1.50. The summed E-state index contributed by atoms with van der Waals surface area (Å²) in [5, 5.41) is 12.1. The van der Waals surface area contributed by atoms with Gasteiger partial charge in [-0.15, -0.1) is 0 Å². The van der Waals surface area contributed by atoms with Crippen molar-refractivity contribution in [2.24, 2.45) is 0 Å². The van der Waals surface area contributed by atoms with Crippen molar-refractivity contribution in [1.82, 2.24) is 5.32 Å². The number of benzene rings is 1. The van der Waals surface area contributed by atoms with E-state index in [1.807, 2.05) is 24.3 Å². The lowest BCUT2D eigenvalue weighted by molar-refractivity contribution is -0.140. The van der Waals surface area contributed by atoms with E-state index >= 15 is 0 Å². The first-order valence-electron chi connectivity index (χ1n) is 5.25. The van der Waals surface area contributed by atoms with Crippen LogP contribution >= 0.6 is 0 Å². The van der Waals surface area contributed by atoms with Crippen molar-refractivity contribution in [3.05, 3.63) is 35.4 Å². The van der Waals surface area contributed by atoms with Gasteiger partial charge in [-0.05, 0) is 18.2 Å². The van der Waals surface area contributed by atoms with Gasteiger partial charge in [0.15, 0.2) is 0 Å². The molecule has 1 aliphatic heterocycles. The maximum atomic E-state index is 10.9. The van der Waals surface area contributed by atoms with Gasteiger partial charge in [0.25, 0.3) is 0 Å². The minimum atomic E-state index is -0.824. The molecule has 0 radical (unpaired) electrons. The molecule has 86 valence electrons. The highest BCUT2D eigenvalue weighted by Gasteiger charge is 2.37. The number of carboxylic acid groups (broad SMARTS) is 1. The number of nitrogens with one attached hydrogen (secondary N) is 1. The van der Waals surface area contributed by atoms with Gasteiger partial charge < -0.3 is 15.2 Å². The van der Waals surface area contributed by atoms with Crippen LogP contribution in [0.15, 0.2) is 24.3 Å². The molecule has 0 saturated carbocycles. The quantitative estimate of drug-likeness (QED) is 0.802. The topological polar surface area (TPSA) is 58.6 Å². The van der Waals surface area contributed by atoms with Crippen LogP contribution in [0.4, 0.5) is 0 Å². The Balaban J connectivity index is 2.44. The summed E-state index contributed by atoms with van der Waals surface area (Å²) in [5.74, 6) is -0.824. The molecule has 1 heterocycles. The van der Waals surface area contributed by atoms with Gasteiger partial charge in [0.1, 0.15) is 0 Å². The number of likely N-dealkylation sites (N-methyl/N-ethyl adjacent to an activating group) is 1. The molecule has 0 bridgehead atoms. The number of hydrogen-bond acceptors (Lipinski definition) is 3. The fourth-order valence-corrected chi connectivity index (χ4v) is 2.23. The fourth-order valence-electron chi connectivity index (χ4n) is 2.23. The van der Waals surface area contributed by atoms with E-state index in [0.717, 1.165) is 11.1 Å². The van der Waals surface area contributed by atoms with Crippen LogP contribution in [0, 0.1) is 0 Å². The number of carboxylic acids is 1. The first kappa shape index (κ1) is 11.1. The Labute approximate surface area is 94.2 Å². The smallest absolute Gasteiger partial charge is 0.305 e. The van der Waals surface area contributed by atoms with Crippen LogP contribution in [0.3, 0.4) is 0 Å². The Kier molecular flexibility index (Phi) is 2.94. The van der Waals surface area contributed by atoms with E-state index in [0.29, 0.717) is 13.2 Å². The third-order valence-corrected chi connectivity index (χ3v) is 3.07. The molecule has 2 N–H and O–H groups in total. The molecule has 0 amide bonds. The molecule has 0 fully saturated rings. The van der Waals surface area contributed by atoms with E-state index in [9.17, 15) is 4.79 Å². The third kappa shape index (κ3) is 1.81. The van der Waals surface area contributed by atoms with E-state index in [-0.39, 0.29) is 6.42 Å². The highest BCUT2D eigenvalue weighted by molar-refractivity contribution is 5.69. The second-order valence-corrected chi connectivity index (χ2v) is 4.05. The average Bonchev–Trinajstić information content (AvgIpc) is 2.29. The zero-order valence-corrected chi connectivity index (χ0v) is 9.19. The molecular weight excluding hydrogens is 206 g/mol. The summed E-state index contributed by atoms with van der Waals surface area (Å²) in [6.07, 6.45) is 0.0283. The van der Waals surface area contributed by atoms with Gasteiger partial charge >= 0.3 is 5.97 Å². The summed E-state index contributed by atoms with van der Waals surface area (Å²) in [7, 11) is 1.77. The number of ether oxygens (including phenoxy) is 1. The van der Waals surface area contributed by atoms with Gasteiger partial charge in [-0.3, -0.25) is 4.79 Å². The summed E-state index contributed by atoms with van der Waals surface area (Å²) in [6, 6.07) is 7.81. The second-order valence-electron chi connectivity index (χ2n) is 4.05. The van der Waals surface area contributed by atoms with Crippen LogP contribution in [0.2, 0.25) is 0 Å². The summed E-state index contributed by atoms with van der Waals surface area (Å²) < 4.78 is 5.48. The number of hydrogen-bond donors (Lipinski definition) is 2. The predicted molar refractivity (Wildman–Crippen MR) is 59.1 cm³/mol. The summed E-state index contributed by atoms with van der Waals surface area (Å²) in [4.78, 5) is 10.9. The first-order chi connectivity index (χ1) is 7.68. The molecule has 16 heavy (non-hydrogen) atoms. The van der Waals surface area contributed by atoms with Crippen LogP contribution in [-0.2, 0) is 21.7 Å². The van der Waals surface area contributed by atoms with E-state index in [2.05, 4.69) is 5.32 Å². The van der Waals surface area contributed by atoms with Gasteiger partial charge in [-0.1, -0.05) is 24.3 Å².